The molecule has 0 spiro atoms. The second-order valence-electron chi connectivity index (χ2n) is 5.79. The highest BCUT2D eigenvalue weighted by atomic mass is 16.4. The second-order valence-corrected chi connectivity index (χ2v) is 5.79. The van der Waals surface area contributed by atoms with Gasteiger partial charge in [0.05, 0.1) is 12.6 Å². The van der Waals surface area contributed by atoms with Crippen LogP contribution in [0.4, 0.5) is 0 Å². The highest BCUT2D eigenvalue weighted by Gasteiger charge is 2.32. The van der Waals surface area contributed by atoms with Gasteiger partial charge in [0, 0.05) is 0 Å². The lowest BCUT2D eigenvalue weighted by Gasteiger charge is -2.26. The summed E-state index contributed by atoms with van der Waals surface area (Å²) in [5, 5.41) is 25.6. The molecule has 0 radical (unpaired) electrons. The minimum Gasteiger partial charge on any atom is -0.480 e. The van der Waals surface area contributed by atoms with Gasteiger partial charge in [0.15, 0.2) is 0 Å². The van der Waals surface area contributed by atoms with E-state index in [1.54, 1.807) is 13.8 Å². The van der Waals surface area contributed by atoms with Gasteiger partial charge in [-0.25, -0.2) is 4.79 Å². The van der Waals surface area contributed by atoms with Crippen LogP contribution in [0.1, 0.15) is 27.7 Å². The summed E-state index contributed by atoms with van der Waals surface area (Å²) in [6.45, 7) is 5.58. The van der Waals surface area contributed by atoms with E-state index < -0.39 is 47.9 Å². The number of aliphatic hydroxyl groups excluding tert-OH is 1. The Hall–Kier alpha value is -2.20. The van der Waals surface area contributed by atoms with Gasteiger partial charge in [-0.15, -0.1) is 0 Å². The minimum atomic E-state index is -1.37. The van der Waals surface area contributed by atoms with Gasteiger partial charge in [0.1, 0.15) is 18.1 Å². The maximum atomic E-state index is 12.2. The van der Waals surface area contributed by atoms with Gasteiger partial charge in [-0.05, 0) is 19.8 Å². The molecule has 0 unspecified atom stereocenters. The fraction of sp³-hybridized carbons (Fsp3) is 0.714. The van der Waals surface area contributed by atoms with E-state index in [4.69, 9.17) is 10.8 Å². The van der Waals surface area contributed by atoms with Crippen LogP contribution in [-0.2, 0) is 19.2 Å². The molecule has 3 amide bonds. The summed E-state index contributed by atoms with van der Waals surface area (Å²) in [7, 11) is 0. The highest BCUT2D eigenvalue weighted by molar-refractivity contribution is 5.93. The summed E-state index contributed by atoms with van der Waals surface area (Å²) in [6, 6.07) is -3.50. The average Bonchev–Trinajstić information content (AvgIpc) is 2.48. The molecule has 0 aliphatic heterocycles. The third-order valence-electron chi connectivity index (χ3n) is 3.25. The summed E-state index contributed by atoms with van der Waals surface area (Å²) < 4.78 is 0. The average molecular weight is 346 g/mol. The molecule has 0 aliphatic carbocycles. The molecule has 0 rings (SSSR count). The number of carboxylic acid groups (broad SMARTS) is 1. The smallest absolute Gasteiger partial charge is 0.326 e. The molecule has 0 aromatic rings. The molecule has 7 N–H and O–H groups in total. The number of nitrogens with one attached hydrogen (secondary N) is 3. The van der Waals surface area contributed by atoms with Gasteiger partial charge < -0.3 is 31.9 Å². The molecule has 0 aliphatic rings. The lowest BCUT2D eigenvalue weighted by molar-refractivity contribution is -0.144. The van der Waals surface area contributed by atoms with E-state index in [0.29, 0.717) is 0 Å². The molecule has 138 valence electrons. The zero-order valence-electron chi connectivity index (χ0n) is 14.2. The van der Waals surface area contributed by atoms with E-state index in [1.165, 1.54) is 13.8 Å². The molecule has 0 heterocycles. The third kappa shape index (κ3) is 6.92. The van der Waals surface area contributed by atoms with Gasteiger partial charge in [-0.1, -0.05) is 13.8 Å². The van der Waals surface area contributed by atoms with Crippen LogP contribution < -0.4 is 21.7 Å². The Labute approximate surface area is 140 Å². The predicted octanol–water partition coefficient (Wildman–Crippen LogP) is -2.46. The third-order valence-corrected chi connectivity index (χ3v) is 3.25. The number of amides is 3. The number of hydrogen-bond donors (Lipinski definition) is 6. The Balaban J connectivity index is 4.97. The monoisotopic (exact) mass is 346 g/mol. The first-order valence-electron chi connectivity index (χ1n) is 7.52. The van der Waals surface area contributed by atoms with Crippen molar-refractivity contribution in [3.63, 3.8) is 0 Å². The normalized spacial score (nSPS) is 15.8. The molecule has 0 fully saturated rings. The molecule has 24 heavy (non-hydrogen) atoms. The molecular formula is C14H26N4O6. The molecule has 0 saturated heterocycles. The highest BCUT2D eigenvalue weighted by Crippen LogP contribution is 2.04. The Morgan fingerprint density at radius 3 is 1.79 bits per heavy atom. The first-order valence-corrected chi connectivity index (χ1v) is 7.52. The van der Waals surface area contributed by atoms with Gasteiger partial charge >= 0.3 is 5.97 Å². The number of carbonyl (C=O) groups is 4. The first kappa shape index (κ1) is 21.8. The fourth-order valence-electron chi connectivity index (χ4n) is 1.81. The van der Waals surface area contributed by atoms with Crippen molar-refractivity contribution < 1.29 is 29.4 Å². The molecule has 10 heteroatoms. The van der Waals surface area contributed by atoms with E-state index in [0.717, 1.165) is 0 Å². The van der Waals surface area contributed by atoms with Crippen molar-refractivity contribution in [1.82, 2.24) is 16.0 Å². The Kier molecular flexibility index (Phi) is 8.93. The van der Waals surface area contributed by atoms with Crippen LogP contribution in [0, 0.1) is 5.92 Å². The molecule has 0 aromatic carbocycles. The van der Waals surface area contributed by atoms with Crippen LogP contribution in [0.25, 0.3) is 0 Å². The lowest BCUT2D eigenvalue weighted by Crippen LogP contribution is -2.59. The topological polar surface area (TPSA) is 171 Å². The summed E-state index contributed by atoms with van der Waals surface area (Å²) >= 11 is 0. The number of aliphatic hydroxyl groups is 1. The molecule has 4 atom stereocenters. The van der Waals surface area contributed by atoms with Crippen molar-refractivity contribution in [3.8, 4) is 0 Å². The van der Waals surface area contributed by atoms with Crippen LogP contribution in [-0.4, -0.2) is 64.7 Å². The standard InChI is InChI=1S/C14H26N4O6/c1-6(2)10(14(23)24)17-13(22)11(8(4)19)18-12(21)7(3)16-9(20)5-15/h6-8,10-11,19H,5,15H2,1-4H3,(H,16,20)(H,17,22)(H,18,21)(H,23,24)/t7-,8+,10-,11-/m0/s1. The van der Waals surface area contributed by atoms with Crippen LogP contribution in [0.2, 0.25) is 0 Å². The second kappa shape index (κ2) is 9.83. The van der Waals surface area contributed by atoms with Crippen molar-refractivity contribution >= 4 is 23.7 Å². The first-order chi connectivity index (χ1) is 11.0. The van der Waals surface area contributed by atoms with Crippen LogP contribution in [0.5, 0.6) is 0 Å². The zero-order valence-corrected chi connectivity index (χ0v) is 14.2. The number of rotatable bonds is 9. The van der Waals surface area contributed by atoms with Gasteiger partial charge in [-0.3, -0.25) is 14.4 Å². The quantitative estimate of drug-likeness (QED) is 0.269. The Bertz CT molecular complexity index is 480. The van der Waals surface area contributed by atoms with E-state index in [1.807, 2.05) is 0 Å². The maximum Gasteiger partial charge on any atom is 0.326 e. The molecular weight excluding hydrogens is 320 g/mol. The molecule has 10 nitrogen and oxygen atoms in total. The van der Waals surface area contributed by atoms with E-state index in [-0.39, 0.29) is 12.5 Å². The van der Waals surface area contributed by atoms with Crippen LogP contribution >= 0.6 is 0 Å². The van der Waals surface area contributed by atoms with Crippen molar-refractivity contribution in [2.24, 2.45) is 11.7 Å². The SMILES string of the molecule is CC(C)[C@H](NC(=O)[C@@H](NC(=O)[C@H](C)NC(=O)CN)[C@@H](C)O)C(=O)O. The minimum absolute atomic E-state index is 0.299. The summed E-state index contributed by atoms with van der Waals surface area (Å²) in [5.41, 5.74) is 5.13. The summed E-state index contributed by atoms with van der Waals surface area (Å²) in [6.07, 6.45) is -1.27. The van der Waals surface area contributed by atoms with E-state index in [2.05, 4.69) is 16.0 Å². The van der Waals surface area contributed by atoms with Gasteiger partial charge in [0.25, 0.3) is 0 Å². The number of hydrogen-bond acceptors (Lipinski definition) is 6. The number of carboxylic acids is 1. The Morgan fingerprint density at radius 1 is 0.917 bits per heavy atom. The van der Waals surface area contributed by atoms with Crippen molar-refractivity contribution in [1.29, 1.82) is 0 Å². The Morgan fingerprint density at radius 2 is 1.42 bits per heavy atom. The van der Waals surface area contributed by atoms with Crippen molar-refractivity contribution in [2.75, 3.05) is 6.54 Å². The van der Waals surface area contributed by atoms with Crippen LogP contribution in [0.15, 0.2) is 0 Å². The zero-order chi connectivity index (χ0) is 19.0. The number of aliphatic carboxylic acids is 1. The molecule has 0 aromatic heterocycles. The van der Waals surface area contributed by atoms with Crippen LogP contribution in [0.3, 0.4) is 0 Å². The molecule has 0 bridgehead atoms. The predicted molar refractivity (Wildman–Crippen MR) is 84.7 cm³/mol. The van der Waals surface area contributed by atoms with Gasteiger partial charge in [-0.2, -0.15) is 0 Å². The summed E-state index contributed by atoms with van der Waals surface area (Å²) in [4.78, 5) is 46.5. The lowest BCUT2D eigenvalue weighted by atomic mass is 10.0. The van der Waals surface area contributed by atoms with Crippen molar-refractivity contribution in [3.05, 3.63) is 0 Å². The maximum absolute atomic E-state index is 12.2. The number of carbonyl (C=O) groups excluding carboxylic acids is 3. The van der Waals surface area contributed by atoms with E-state index >= 15 is 0 Å². The van der Waals surface area contributed by atoms with Gasteiger partial charge in [0.2, 0.25) is 17.7 Å². The van der Waals surface area contributed by atoms with Crippen molar-refractivity contribution in [2.45, 2.75) is 51.9 Å². The largest absolute Gasteiger partial charge is 0.480 e. The number of nitrogens with two attached hydrogens (primary N) is 1. The summed E-state index contributed by atoms with van der Waals surface area (Å²) in [5.74, 6) is -3.72. The fourth-order valence-corrected chi connectivity index (χ4v) is 1.81. The molecule has 0 saturated carbocycles. The van der Waals surface area contributed by atoms with E-state index in [9.17, 15) is 24.3 Å².